The lowest BCUT2D eigenvalue weighted by molar-refractivity contribution is 0.298. The first-order valence-electron chi connectivity index (χ1n) is 6.80. The number of ether oxygens (including phenoxy) is 1. The highest BCUT2D eigenvalue weighted by molar-refractivity contribution is 5.21. The quantitative estimate of drug-likeness (QED) is 0.907. The molecule has 4 heteroatoms. The summed E-state index contributed by atoms with van der Waals surface area (Å²) < 4.78 is 11.2. The van der Waals surface area contributed by atoms with E-state index in [9.17, 15) is 0 Å². The molecule has 0 aromatic carbocycles. The van der Waals surface area contributed by atoms with Crippen LogP contribution in [0.5, 0.6) is 5.75 Å². The Kier molecular flexibility index (Phi) is 4.45. The average Bonchev–Trinajstić information content (AvgIpc) is 2.82. The maximum absolute atomic E-state index is 5.73. The van der Waals surface area contributed by atoms with Gasteiger partial charge < -0.3 is 14.5 Å². The zero-order valence-electron chi connectivity index (χ0n) is 12.6. The second-order valence-corrected chi connectivity index (χ2v) is 5.90. The number of hydrogen-bond donors (Lipinski definition) is 1. The molecule has 0 atom stereocenters. The van der Waals surface area contributed by atoms with Gasteiger partial charge in [0, 0.05) is 16.8 Å². The summed E-state index contributed by atoms with van der Waals surface area (Å²) in [7, 11) is 0. The van der Waals surface area contributed by atoms with Crippen LogP contribution in [0.3, 0.4) is 0 Å². The number of aryl methyl sites for hydroxylation is 1. The first-order chi connectivity index (χ1) is 9.44. The molecule has 1 N–H and O–H groups in total. The molecular weight excluding hydrogens is 252 g/mol. The third-order valence-electron chi connectivity index (χ3n) is 2.90. The lowest BCUT2D eigenvalue weighted by Gasteiger charge is -2.20. The van der Waals surface area contributed by atoms with Gasteiger partial charge in [0.2, 0.25) is 0 Å². The largest absolute Gasteiger partial charge is 0.487 e. The van der Waals surface area contributed by atoms with Crippen molar-refractivity contribution in [2.24, 2.45) is 0 Å². The van der Waals surface area contributed by atoms with E-state index < -0.39 is 0 Å². The Morgan fingerprint density at radius 3 is 2.70 bits per heavy atom. The van der Waals surface area contributed by atoms with E-state index in [0.717, 1.165) is 22.8 Å². The first kappa shape index (κ1) is 14.6. The molecular formula is C16H22N2O2. The molecule has 0 fully saturated rings. The molecule has 2 aromatic heterocycles. The molecule has 0 radical (unpaired) electrons. The minimum atomic E-state index is 0.0613. The second-order valence-electron chi connectivity index (χ2n) is 5.90. The van der Waals surface area contributed by atoms with E-state index in [1.807, 2.05) is 25.1 Å². The fourth-order valence-electron chi connectivity index (χ4n) is 1.70. The van der Waals surface area contributed by atoms with E-state index in [4.69, 9.17) is 9.15 Å². The summed E-state index contributed by atoms with van der Waals surface area (Å²) in [6.07, 6.45) is 3.44. The van der Waals surface area contributed by atoms with Crippen molar-refractivity contribution in [2.75, 3.05) is 0 Å². The fourth-order valence-corrected chi connectivity index (χ4v) is 1.70. The van der Waals surface area contributed by atoms with Crippen LogP contribution < -0.4 is 10.1 Å². The highest BCUT2D eigenvalue weighted by atomic mass is 16.5. The molecule has 20 heavy (non-hydrogen) atoms. The molecule has 0 aliphatic carbocycles. The van der Waals surface area contributed by atoms with Crippen molar-refractivity contribution in [3.8, 4) is 5.75 Å². The SMILES string of the molecule is Cc1ccc(OCc2ccoc2CNC(C)(C)C)cn1. The highest BCUT2D eigenvalue weighted by Crippen LogP contribution is 2.16. The van der Waals surface area contributed by atoms with Crippen LogP contribution in [0.25, 0.3) is 0 Å². The number of rotatable bonds is 5. The van der Waals surface area contributed by atoms with Gasteiger partial charge in [0.25, 0.3) is 0 Å². The summed E-state index contributed by atoms with van der Waals surface area (Å²) in [6.45, 7) is 9.53. The molecule has 0 aliphatic heterocycles. The summed E-state index contributed by atoms with van der Waals surface area (Å²) >= 11 is 0. The van der Waals surface area contributed by atoms with Gasteiger partial charge in [0.1, 0.15) is 18.1 Å². The van der Waals surface area contributed by atoms with Crippen molar-refractivity contribution in [1.82, 2.24) is 10.3 Å². The van der Waals surface area contributed by atoms with Gasteiger partial charge in [-0.05, 0) is 45.9 Å². The van der Waals surface area contributed by atoms with E-state index >= 15 is 0 Å². The highest BCUT2D eigenvalue weighted by Gasteiger charge is 2.12. The van der Waals surface area contributed by atoms with Crippen molar-refractivity contribution >= 4 is 0 Å². The van der Waals surface area contributed by atoms with E-state index in [0.29, 0.717) is 13.2 Å². The Morgan fingerprint density at radius 2 is 2.05 bits per heavy atom. The molecule has 0 unspecified atom stereocenters. The molecule has 2 rings (SSSR count). The molecule has 0 bridgehead atoms. The van der Waals surface area contributed by atoms with Crippen molar-refractivity contribution in [3.05, 3.63) is 47.7 Å². The molecule has 4 nitrogen and oxygen atoms in total. The zero-order chi connectivity index (χ0) is 14.6. The van der Waals surface area contributed by atoms with Gasteiger partial charge in [-0.1, -0.05) is 0 Å². The van der Waals surface area contributed by atoms with E-state index in [1.165, 1.54) is 0 Å². The number of nitrogens with one attached hydrogen (secondary N) is 1. The molecule has 0 spiro atoms. The van der Waals surface area contributed by atoms with Crippen LogP contribution in [0.1, 0.15) is 37.8 Å². The number of pyridine rings is 1. The van der Waals surface area contributed by atoms with Gasteiger partial charge in [0.05, 0.1) is 19.0 Å². The van der Waals surface area contributed by atoms with Gasteiger partial charge in [-0.15, -0.1) is 0 Å². The molecule has 0 aliphatic rings. The summed E-state index contributed by atoms with van der Waals surface area (Å²) in [4.78, 5) is 4.21. The Labute approximate surface area is 120 Å². The predicted octanol–water partition coefficient (Wildman–Crippen LogP) is 3.45. The standard InChI is InChI=1S/C16H22N2O2/c1-12-5-6-14(9-17-12)20-11-13-7-8-19-15(13)10-18-16(2,3)4/h5-9,18H,10-11H2,1-4H3. The summed E-state index contributed by atoms with van der Waals surface area (Å²) in [5.74, 6) is 1.69. The second kappa shape index (κ2) is 6.09. The predicted molar refractivity (Wildman–Crippen MR) is 78.6 cm³/mol. The van der Waals surface area contributed by atoms with Crippen LogP contribution in [-0.2, 0) is 13.2 Å². The Morgan fingerprint density at radius 1 is 1.25 bits per heavy atom. The van der Waals surface area contributed by atoms with Gasteiger partial charge in [-0.2, -0.15) is 0 Å². The lowest BCUT2D eigenvalue weighted by Crippen LogP contribution is -2.35. The van der Waals surface area contributed by atoms with Crippen LogP contribution in [0, 0.1) is 6.92 Å². The smallest absolute Gasteiger partial charge is 0.138 e. The number of hydrogen-bond acceptors (Lipinski definition) is 4. The van der Waals surface area contributed by atoms with E-state index in [-0.39, 0.29) is 5.54 Å². The van der Waals surface area contributed by atoms with Crippen molar-refractivity contribution in [3.63, 3.8) is 0 Å². The van der Waals surface area contributed by atoms with Crippen LogP contribution in [0.2, 0.25) is 0 Å². The third kappa shape index (κ3) is 4.38. The number of nitrogens with zero attached hydrogens (tertiary/aromatic N) is 1. The van der Waals surface area contributed by atoms with Crippen LogP contribution in [-0.4, -0.2) is 10.5 Å². The van der Waals surface area contributed by atoms with Gasteiger partial charge in [-0.3, -0.25) is 4.98 Å². The summed E-state index contributed by atoms with van der Waals surface area (Å²) in [5, 5.41) is 3.41. The molecule has 108 valence electrons. The monoisotopic (exact) mass is 274 g/mol. The number of furan rings is 1. The molecule has 2 heterocycles. The average molecular weight is 274 g/mol. The Balaban J connectivity index is 1.93. The minimum absolute atomic E-state index is 0.0613. The fraction of sp³-hybridized carbons (Fsp3) is 0.438. The maximum Gasteiger partial charge on any atom is 0.138 e. The van der Waals surface area contributed by atoms with Crippen molar-refractivity contribution in [1.29, 1.82) is 0 Å². The minimum Gasteiger partial charge on any atom is -0.487 e. The Hall–Kier alpha value is -1.81. The van der Waals surface area contributed by atoms with Crippen LogP contribution >= 0.6 is 0 Å². The van der Waals surface area contributed by atoms with E-state index in [1.54, 1.807) is 12.5 Å². The maximum atomic E-state index is 5.73. The molecule has 0 saturated heterocycles. The van der Waals surface area contributed by atoms with Crippen molar-refractivity contribution < 1.29 is 9.15 Å². The summed E-state index contributed by atoms with van der Waals surface area (Å²) in [5.41, 5.74) is 2.10. The molecule has 2 aromatic rings. The molecule has 0 amide bonds. The first-order valence-corrected chi connectivity index (χ1v) is 6.80. The Bertz CT molecular complexity index is 538. The van der Waals surface area contributed by atoms with Gasteiger partial charge >= 0.3 is 0 Å². The normalized spacial score (nSPS) is 11.6. The third-order valence-corrected chi connectivity index (χ3v) is 2.90. The lowest BCUT2D eigenvalue weighted by atomic mass is 10.1. The molecule has 0 saturated carbocycles. The van der Waals surface area contributed by atoms with Crippen molar-refractivity contribution in [2.45, 2.75) is 46.4 Å². The summed E-state index contributed by atoms with van der Waals surface area (Å²) in [6, 6.07) is 5.81. The van der Waals surface area contributed by atoms with Crippen LogP contribution in [0.4, 0.5) is 0 Å². The van der Waals surface area contributed by atoms with Gasteiger partial charge in [0.15, 0.2) is 0 Å². The number of aromatic nitrogens is 1. The topological polar surface area (TPSA) is 47.3 Å². The van der Waals surface area contributed by atoms with Gasteiger partial charge in [-0.25, -0.2) is 0 Å². The van der Waals surface area contributed by atoms with Crippen LogP contribution in [0.15, 0.2) is 35.1 Å². The van der Waals surface area contributed by atoms with E-state index in [2.05, 4.69) is 31.1 Å². The zero-order valence-corrected chi connectivity index (χ0v) is 12.6.